The molecule has 2 aromatic rings. The summed E-state index contributed by atoms with van der Waals surface area (Å²) < 4.78 is 14.5. The fourth-order valence-electron chi connectivity index (χ4n) is 2.88. The van der Waals surface area contributed by atoms with Crippen molar-refractivity contribution in [3.63, 3.8) is 0 Å². The topological polar surface area (TPSA) is 78.4 Å². The first kappa shape index (κ1) is 19.4. The maximum absolute atomic E-state index is 13.9. The van der Waals surface area contributed by atoms with Gasteiger partial charge in [0.1, 0.15) is 11.5 Å². The van der Waals surface area contributed by atoms with Gasteiger partial charge in [0.25, 0.3) is 5.91 Å². The third-order valence-electron chi connectivity index (χ3n) is 4.50. The number of carbonyl (C=O) groups excluding carboxylic acids is 2. The van der Waals surface area contributed by atoms with E-state index in [2.05, 4.69) is 31.2 Å². The number of carbonyl (C=O) groups is 2. The smallest absolute Gasteiger partial charge is 0.274 e. The van der Waals surface area contributed by atoms with E-state index in [0.717, 1.165) is 0 Å². The second kappa shape index (κ2) is 8.53. The monoisotopic (exact) mass is 435 g/mol. The normalized spacial score (nSPS) is 16.0. The minimum absolute atomic E-state index is 0.145. The quantitative estimate of drug-likeness (QED) is 0.795. The van der Waals surface area contributed by atoms with Crippen molar-refractivity contribution < 1.29 is 14.0 Å². The number of piperazine rings is 1. The van der Waals surface area contributed by atoms with E-state index in [-0.39, 0.29) is 17.5 Å². The van der Waals surface area contributed by atoms with E-state index in [9.17, 15) is 14.0 Å². The summed E-state index contributed by atoms with van der Waals surface area (Å²) in [5, 5.41) is 2.62. The van der Waals surface area contributed by atoms with E-state index in [1.54, 1.807) is 17.9 Å². The number of rotatable bonds is 4. The van der Waals surface area contributed by atoms with Crippen LogP contribution < -0.4 is 5.32 Å². The van der Waals surface area contributed by atoms with Gasteiger partial charge in [0.2, 0.25) is 5.91 Å². The Kier molecular flexibility index (Phi) is 6.12. The Balaban J connectivity index is 1.55. The van der Waals surface area contributed by atoms with E-state index in [0.29, 0.717) is 36.3 Å². The molecule has 27 heavy (non-hydrogen) atoms. The minimum atomic E-state index is -0.496. The van der Waals surface area contributed by atoms with Gasteiger partial charge in [-0.1, -0.05) is 15.9 Å². The van der Waals surface area contributed by atoms with Gasteiger partial charge in [-0.05, 0) is 25.1 Å². The molecule has 1 N–H and O–H groups in total. The Morgan fingerprint density at radius 1 is 1.22 bits per heavy atom. The van der Waals surface area contributed by atoms with Crippen LogP contribution in [-0.2, 0) is 4.79 Å². The highest BCUT2D eigenvalue weighted by Gasteiger charge is 2.28. The van der Waals surface area contributed by atoms with Gasteiger partial charge in [0.05, 0.1) is 17.9 Å². The molecule has 2 heterocycles. The van der Waals surface area contributed by atoms with Gasteiger partial charge in [0, 0.05) is 43.0 Å². The molecule has 0 spiro atoms. The van der Waals surface area contributed by atoms with Crippen LogP contribution in [0.25, 0.3) is 0 Å². The molecule has 1 aromatic heterocycles. The summed E-state index contributed by atoms with van der Waals surface area (Å²) in [6, 6.07) is 4.04. The number of hydrogen-bond acceptors (Lipinski definition) is 5. The first-order valence-corrected chi connectivity index (χ1v) is 9.30. The number of nitrogens with one attached hydrogen (secondary N) is 1. The molecule has 0 radical (unpaired) electrons. The zero-order valence-electron chi connectivity index (χ0n) is 14.7. The predicted octanol–water partition coefficient (Wildman–Crippen LogP) is 2.16. The van der Waals surface area contributed by atoms with Crippen LogP contribution >= 0.6 is 15.9 Å². The minimum Gasteiger partial charge on any atom is -0.335 e. The van der Waals surface area contributed by atoms with Crippen LogP contribution in [0.3, 0.4) is 0 Å². The number of hydrogen-bond donors (Lipinski definition) is 1. The van der Waals surface area contributed by atoms with Crippen LogP contribution in [0.5, 0.6) is 0 Å². The van der Waals surface area contributed by atoms with Crippen molar-refractivity contribution in [3.05, 3.63) is 52.8 Å². The Morgan fingerprint density at radius 2 is 1.96 bits per heavy atom. The third-order valence-corrected chi connectivity index (χ3v) is 4.99. The van der Waals surface area contributed by atoms with Crippen molar-refractivity contribution >= 4 is 33.4 Å². The Labute approximate surface area is 164 Å². The van der Waals surface area contributed by atoms with Crippen LogP contribution in [0.2, 0.25) is 0 Å². The predicted molar refractivity (Wildman–Crippen MR) is 102 cm³/mol. The second-order valence-electron chi connectivity index (χ2n) is 6.21. The number of anilines is 1. The van der Waals surface area contributed by atoms with Crippen LogP contribution in [0.4, 0.5) is 10.1 Å². The van der Waals surface area contributed by atoms with Crippen LogP contribution in [0.15, 0.2) is 41.3 Å². The Bertz CT molecular complexity index is 828. The molecule has 0 bridgehead atoms. The molecule has 0 aliphatic carbocycles. The molecule has 1 aromatic carbocycles. The molecule has 1 saturated heterocycles. The number of amides is 2. The molecule has 142 valence electrons. The maximum atomic E-state index is 13.9. The van der Waals surface area contributed by atoms with Crippen molar-refractivity contribution in [2.45, 2.75) is 13.0 Å². The molecule has 9 heteroatoms. The molecule has 1 unspecified atom stereocenters. The van der Waals surface area contributed by atoms with E-state index < -0.39 is 11.9 Å². The number of aromatic nitrogens is 2. The fraction of sp³-hybridized carbons (Fsp3) is 0.333. The molecular formula is C18H19BrFN5O2. The van der Waals surface area contributed by atoms with Gasteiger partial charge in [-0.15, -0.1) is 0 Å². The van der Waals surface area contributed by atoms with Gasteiger partial charge in [-0.3, -0.25) is 19.5 Å². The lowest BCUT2D eigenvalue weighted by Crippen LogP contribution is -2.54. The summed E-state index contributed by atoms with van der Waals surface area (Å²) in [5.41, 5.74) is 0.453. The van der Waals surface area contributed by atoms with Gasteiger partial charge >= 0.3 is 0 Å². The first-order valence-electron chi connectivity index (χ1n) is 8.51. The lowest BCUT2D eigenvalue weighted by atomic mass is 10.2. The summed E-state index contributed by atoms with van der Waals surface area (Å²) in [5.74, 6) is -0.953. The zero-order valence-corrected chi connectivity index (χ0v) is 16.3. The molecule has 7 nitrogen and oxygen atoms in total. The Hall–Kier alpha value is -2.39. The number of nitrogens with zero attached hydrogens (tertiary/aromatic N) is 4. The summed E-state index contributed by atoms with van der Waals surface area (Å²) in [6.07, 6.45) is 4.44. The highest BCUT2D eigenvalue weighted by atomic mass is 79.9. The van der Waals surface area contributed by atoms with Gasteiger partial charge in [-0.2, -0.15) is 0 Å². The molecule has 1 atom stereocenters. The summed E-state index contributed by atoms with van der Waals surface area (Å²) in [7, 11) is 0. The van der Waals surface area contributed by atoms with Crippen LogP contribution in [0, 0.1) is 5.82 Å². The lowest BCUT2D eigenvalue weighted by Gasteiger charge is -2.37. The molecule has 3 rings (SSSR count). The fourth-order valence-corrected chi connectivity index (χ4v) is 3.21. The largest absolute Gasteiger partial charge is 0.335 e. The summed E-state index contributed by atoms with van der Waals surface area (Å²) in [6.45, 7) is 3.83. The molecule has 1 aliphatic heterocycles. The SMILES string of the molecule is CC(C(=O)Nc1ccc(Br)cc1F)N1CCN(C(=O)c2cnccn2)CC1. The number of halogens is 2. The molecule has 2 amide bonds. The summed E-state index contributed by atoms with van der Waals surface area (Å²) in [4.78, 5) is 36.5. The van der Waals surface area contributed by atoms with E-state index in [1.165, 1.54) is 30.7 Å². The van der Waals surface area contributed by atoms with E-state index in [1.807, 2.05) is 4.90 Å². The molecule has 0 saturated carbocycles. The van der Waals surface area contributed by atoms with Crippen molar-refractivity contribution in [2.75, 3.05) is 31.5 Å². The highest BCUT2D eigenvalue weighted by molar-refractivity contribution is 9.10. The van der Waals surface area contributed by atoms with E-state index in [4.69, 9.17) is 0 Å². The van der Waals surface area contributed by atoms with Gasteiger partial charge in [-0.25, -0.2) is 9.37 Å². The average Bonchev–Trinajstić information content (AvgIpc) is 2.69. The third kappa shape index (κ3) is 4.67. The standard InChI is InChI=1S/C18H19BrFN5O2/c1-12(17(26)23-15-3-2-13(19)10-14(15)20)24-6-8-25(9-7-24)18(27)16-11-21-4-5-22-16/h2-5,10-12H,6-9H2,1H3,(H,23,26). The zero-order chi connectivity index (χ0) is 19.4. The number of benzene rings is 1. The van der Waals surface area contributed by atoms with Crippen LogP contribution in [0.1, 0.15) is 17.4 Å². The van der Waals surface area contributed by atoms with Crippen LogP contribution in [-0.4, -0.2) is 63.8 Å². The van der Waals surface area contributed by atoms with Crippen molar-refractivity contribution in [1.82, 2.24) is 19.8 Å². The molecule has 1 fully saturated rings. The Morgan fingerprint density at radius 3 is 2.59 bits per heavy atom. The van der Waals surface area contributed by atoms with Gasteiger partial charge < -0.3 is 10.2 Å². The average molecular weight is 436 g/mol. The maximum Gasteiger partial charge on any atom is 0.274 e. The second-order valence-corrected chi connectivity index (χ2v) is 7.12. The van der Waals surface area contributed by atoms with Gasteiger partial charge in [0.15, 0.2) is 0 Å². The molecule has 1 aliphatic rings. The lowest BCUT2D eigenvalue weighted by molar-refractivity contribution is -0.121. The highest BCUT2D eigenvalue weighted by Crippen LogP contribution is 2.20. The van der Waals surface area contributed by atoms with Crippen molar-refractivity contribution in [1.29, 1.82) is 0 Å². The van der Waals surface area contributed by atoms with Crippen molar-refractivity contribution in [2.24, 2.45) is 0 Å². The first-order chi connectivity index (χ1) is 13.0. The van der Waals surface area contributed by atoms with Crippen molar-refractivity contribution in [3.8, 4) is 0 Å². The summed E-state index contributed by atoms with van der Waals surface area (Å²) >= 11 is 3.19. The molecular weight excluding hydrogens is 417 g/mol. The van der Waals surface area contributed by atoms with E-state index >= 15 is 0 Å².